The zero-order chi connectivity index (χ0) is 17.6. The minimum absolute atomic E-state index is 0.114. The zero-order valence-electron chi connectivity index (χ0n) is 13.9. The highest BCUT2D eigenvalue weighted by molar-refractivity contribution is 8.00. The molecule has 128 valence electrons. The second-order valence-corrected chi connectivity index (χ2v) is 8.06. The molecule has 0 spiro atoms. The standard InChI is InChI=1S/C16H24N2O3S2/c1-11(22)9-14(19)17-16(2,15(20)21)23-10-12-5-7-13(8-6-12)18(3)4/h5-8,11,22H,9-10H2,1-4H3,(H,17,19)(H,20,21). The Hall–Kier alpha value is -1.34. The molecule has 0 radical (unpaired) electrons. The van der Waals surface area contributed by atoms with Gasteiger partial charge in [0.1, 0.15) is 0 Å². The van der Waals surface area contributed by atoms with Gasteiger partial charge in [0.15, 0.2) is 4.87 Å². The molecule has 1 aromatic carbocycles. The summed E-state index contributed by atoms with van der Waals surface area (Å²) in [6, 6.07) is 7.88. The van der Waals surface area contributed by atoms with Crippen LogP contribution in [0.5, 0.6) is 0 Å². The molecule has 1 amide bonds. The van der Waals surface area contributed by atoms with Crippen LogP contribution in [-0.2, 0) is 15.3 Å². The van der Waals surface area contributed by atoms with E-state index in [0.29, 0.717) is 5.75 Å². The van der Waals surface area contributed by atoms with E-state index < -0.39 is 10.8 Å². The normalized spacial score (nSPS) is 14.7. The van der Waals surface area contributed by atoms with Crippen LogP contribution in [0.3, 0.4) is 0 Å². The van der Waals surface area contributed by atoms with E-state index in [4.69, 9.17) is 0 Å². The molecule has 0 aromatic heterocycles. The first-order valence-corrected chi connectivity index (χ1v) is 8.77. The molecule has 0 saturated carbocycles. The second-order valence-electron chi connectivity index (χ2n) is 5.79. The van der Waals surface area contributed by atoms with Crippen LogP contribution in [0.4, 0.5) is 5.69 Å². The van der Waals surface area contributed by atoms with Gasteiger partial charge in [-0.1, -0.05) is 19.1 Å². The van der Waals surface area contributed by atoms with Crippen molar-refractivity contribution in [3.8, 4) is 0 Å². The van der Waals surface area contributed by atoms with Crippen LogP contribution in [0.1, 0.15) is 25.8 Å². The number of hydrogen-bond donors (Lipinski definition) is 3. The Morgan fingerprint density at radius 2 is 1.91 bits per heavy atom. The van der Waals surface area contributed by atoms with E-state index >= 15 is 0 Å². The van der Waals surface area contributed by atoms with Crippen molar-refractivity contribution in [1.29, 1.82) is 0 Å². The van der Waals surface area contributed by atoms with Gasteiger partial charge in [0.25, 0.3) is 0 Å². The molecule has 1 rings (SSSR count). The average molecular weight is 357 g/mol. The number of carboxylic acids is 1. The third kappa shape index (κ3) is 6.35. The minimum Gasteiger partial charge on any atom is -0.479 e. The number of nitrogens with zero attached hydrogens (tertiary/aromatic N) is 1. The number of carboxylic acid groups (broad SMARTS) is 1. The zero-order valence-corrected chi connectivity index (χ0v) is 15.6. The van der Waals surface area contributed by atoms with E-state index in [9.17, 15) is 14.7 Å². The van der Waals surface area contributed by atoms with Gasteiger partial charge in [-0.15, -0.1) is 11.8 Å². The van der Waals surface area contributed by atoms with Gasteiger partial charge < -0.3 is 15.3 Å². The van der Waals surface area contributed by atoms with Gasteiger partial charge in [-0.05, 0) is 24.6 Å². The Bertz CT molecular complexity index is 547. The number of aliphatic carboxylic acids is 1. The first kappa shape index (κ1) is 19.7. The lowest BCUT2D eigenvalue weighted by Gasteiger charge is -2.26. The van der Waals surface area contributed by atoms with Crippen LogP contribution in [0, 0.1) is 0 Å². The molecule has 2 atom stereocenters. The molecule has 1 aromatic rings. The maximum atomic E-state index is 11.9. The topological polar surface area (TPSA) is 69.6 Å². The van der Waals surface area contributed by atoms with Crippen molar-refractivity contribution >= 4 is 42.0 Å². The smallest absolute Gasteiger partial charge is 0.339 e. The van der Waals surface area contributed by atoms with Crippen LogP contribution >= 0.6 is 24.4 Å². The van der Waals surface area contributed by atoms with E-state index in [1.807, 2.05) is 43.3 Å². The van der Waals surface area contributed by atoms with Crippen LogP contribution < -0.4 is 10.2 Å². The maximum Gasteiger partial charge on any atom is 0.339 e. The molecular formula is C16H24N2O3S2. The molecule has 0 heterocycles. The Morgan fingerprint density at radius 1 is 1.35 bits per heavy atom. The van der Waals surface area contributed by atoms with Crippen molar-refractivity contribution < 1.29 is 14.7 Å². The van der Waals surface area contributed by atoms with Gasteiger partial charge in [0, 0.05) is 37.2 Å². The van der Waals surface area contributed by atoms with E-state index in [1.54, 1.807) is 6.92 Å². The lowest BCUT2D eigenvalue weighted by Crippen LogP contribution is -2.50. The van der Waals surface area contributed by atoms with Crippen LogP contribution in [-0.4, -0.2) is 41.2 Å². The van der Waals surface area contributed by atoms with Crippen molar-refractivity contribution in [2.45, 2.75) is 36.1 Å². The Labute approximate surface area is 147 Å². The Kier molecular flexibility index (Phi) is 7.28. The highest BCUT2D eigenvalue weighted by Crippen LogP contribution is 2.27. The summed E-state index contributed by atoms with van der Waals surface area (Å²) in [5.74, 6) is -0.881. The Balaban J connectivity index is 2.72. The third-order valence-corrected chi connectivity index (χ3v) is 4.76. The van der Waals surface area contributed by atoms with Gasteiger partial charge in [-0.25, -0.2) is 4.79 Å². The minimum atomic E-state index is -1.36. The molecule has 23 heavy (non-hydrogen) atoms. The fourth-order valence-corrected chi connectivity index (χ4v) is 2.98. The largest absolute Gasteiger partial charge is 0.479 e. The number of hydrogen-bond acceptors (Lipinski definition) is 5. The number of anilines is 1. The van der Waals surface area contributed by atoms with Crippen molar-refractivity contribution in [2.75, 3.05) is 19.0 Å². The number of carbonyl (C=O) groups excluding carboxylic acids is 1. The number of carbonyl (C=O) groups is 2. The van der Waals surface area contributed by atoms with E-state index in [-0.39, 0.29) is 17.6 Å². The third-order valence-electron chi connectivity index (χ3n) is 3.25. The van der Waals surface area contributed by atoms with Crippen molar-refractivity contribution in [3.63, 3.8) is 0 Å². The molecule has 0 bridgehead atoms. The quantitative estimate of drug-likeness (QED) is 0.493. The van der Waals surface area contributed by atoms with Gasteiger partial charge in [0.2, 0.25) is 5.91 Å². The van der Waals surface area contributed by atoms with Crippen LogP contribution in [0.15, 0.2) is 24.3 Å². The maximum absolute atomic E-state index is 11.9. The fourth-order valence-electron chi connectivity index (χ4n) is 1.85. The molecule has 0 aliphatic heterocycles. The van der Waals surface area contributed by atoms with Crippen LogP contribution in [0.2, 0.25) is 0 Å². The first-order valence-electron chi connectivity index (χ1n) is 7.26. The van der Waals surface area contributed by atoms with Gasteiger partial charge >= 0.3 is 5.97 Å². The first-order chi connectivity index (χ1) is 10.6. The molecule has 5 nitrogen and oxygen atoms in total. The van der Waals surface area contributed by atoms with Gasteiger partial charge in [0.05, 0.1) is 0 Å². The monoisotopic (exact) mass is 356 g/mol. The number of thioether (sulfide) groups is 1. The number of nitrogens with one attached hydrogen (secondary N) is 1. The number of thiol groups is 1. The van der Waals surface area contributed by atoms with Crippen LogP contribution in [0.25, 0.3) is 0 Å². The summed E-state index contributed by atoms with van der Waals surface area (Å²) in [5.41, 5.74) is 2.08. The number of rotatable bonds is 8. The summed E-state index contributed by atoms with van der Waals surface area (Å²) in [7, 11) is 3.92. The predicted octanol–water partition coefficient (Wildman–Crippen LogP) is 2.61. The molecule has 2 N–H and O–H groups in total. The molecule has 0 fully saturated rings. The summed E-state index contributed by atoms with van der Waals surface area (Å²) < 4.78 is 0. The summed E-state index contributed by atoms with van der Waals surface area (Å²) in [6.45, 7) is 3.30. The molecule has 7 heteroatoms. The molecule has 0 saturated heterocycles. The predicted molar refractivity (Wildman–Crippen MR) is 99.3 cm³/mol. The number of benzene rings is 1. The lowest BCUT2D eigenvalue weighted by molar-refractivity contribution is -0.142. The van der Waals surface area contributed by atoms with Gasteiger partial charge in [-0.3, -0.25) is 4.79 Å². The molecule has 0 aliphatic rings. The summed E-state index contributed by atoms with van der Waals surface area (Å²) in [5, 5.41) is 11.9. The molecule has 0 aliphatic carbocycles. The van der Waals surface area contributed by atoms with E-state index in [0.717, 1.165) is 11.3 Å². The summed E-state index contributed by atoms with van der Waals surface area (Å²) in [6.07, 6.45) is 0.185. The molecular weight excluding hydrogens is 332 g/mol. The van der Waals surface area contributed by atoms with Crippen molar-refractivity contribution in [3.05, 3.63) is 29.8 Å². The summed E-state index contributed by atoms with van der Waals surface area (Å²) >= 11 is 5.34. The lowest BCUT2D eigenvalue weighted by atomic mass is 10.2. The average Bonchev–Trinajstić information content (AvgIpc) is 2.44. The Morgan fingerprint density at radius 3 is 2.35 bits per heavy atom. The highest BCUT2D eigenvalue weighted by atomic mass is 32.2. The molecule has 2 unspecified atom stereocenters. The highest BCUT2D eigenvalue weighted by Gasteiger charge is 2.35. The van der Waals surface area contributed by atoms with E-state index in [2.05, 4.69) is 17.9 Å². The van der Waals surface area contributed by atoms with E-state index in [1.165, 1.54) is 18.7 Å². The fraction of sp³-hybridized carbons (Fsp3) is 0.500. The summed E-state index contributed by atoms with van der Waals surface area (Å²) in [4.78, 5) is 24.0. The van der Waals surface area contributed by atoms with Crippen molar-refractivity contribution in [2.24, 2.45) is 0 Å². The number of amides is 1. The second kappa shape index (κ2) is 8.49. The SMILES string of the molecule is CC(S)CC(=O)NC(C)(SCc1ccc(N(C)C)cc1)C(=O)O. The van der Waals surface area contributed by atoms with Crippen molar-refractivity contribution in [1.82, 2.24) is 5.32 Å². The van der Waals surface area contributed by atoms with Gasteiger partial charge in [-0.2, -0.15) is 12.6 Å².